The van der Waals surface area contributed by atoms with Crippen LogP contribution in [0.25, 0.3) is 5.57 Å². The summed E-state index contributed by atoms with van der Waals surface area (Å²) >= 11 is 0. The molecule has 0 saturated heterocycles. The first kappa shape index (κ1) is 12.3. The summed E-state index contributed by atoms with van der Waals surface area (Å²) in [7, 11) is 0. The van der Waals surface area contributed by atoms with E-state index in [1.807, 2.05) is 0 Å². The number of hydrogen-bond donors (Lipinski definition) is 2. The zero-order chi connectivity index (χ0) is 14.4. The summed E-state index contributed by atoms with van der Waals surface area (Å²) in [5.74, 6) is -1.09. The molecule has 0 fully saturated rings. The van der Waals surface area contributed by atoms with Gasteiger partial charge in [-0.05, 0) is 19.1 Å². The predicted octanol–water partition coefficient (Wildman–Crippen LogP) is 2.85. The van der Waals surface area contributed by atoms with Crippen LogP contribution >= 0.6 is 0 Å². The van der Waals surface area contributed by atoms with Crippen LogP contribution in [-0.2, 0) is 5.11 Å². The molecular formula is C16H11O4. The number of rotatable bonds is 0. The van der Waals surface area contributed by atoms with Gasteiger partial charge in [-0.25, -0.2) is 0 Å². The fraction of sp³-hybridized carbons (Fsp3) is 0.0625. The fourth-order valence-corrected chi connectivity index (χ4v) is 2.62. The largest absolute Gasteiger partial charge is 0.507 e. The van der Waals surface area contributed by atoms with Crippen molar-refractivity contribution in [2.45, 2.75) is 6.92 Å². The van der Waals surface area contributed by atoms with Gasteiger partial charge in [-0.15, -0.1) is 0 Å². The van der Waals surface area contributed by atoms with E-state index in [2.05, 4.69) is 0 Å². The summed E-state index contributed by atoms with van der Waals surface area (Å²) in [6.07, 6.45) is 0. The number of hydrogen-bond acceptors (Lipinski definition) is 3. The number of fused-ring (bicyclic) bond motifs is 2. The summed E-state index contributed by atoms with van der Waals surface area (Å²) in [5, 5.41) is 31.8. The van der Waals surface area contributed by atoms with Crippen LogP contribution in [0.15, 0.2) is 42.2 Å². The molecule has 4 nitrogen and oxygen atoms in total. The van der Waals surface area contributed by atoms with Crippen molar-refractivity contribution in [3.05, 3.63) is 64.4 Å². The van der Waals surface area contributed by atoms with Crippen molar-refractivity contribution in [1.82, 2.24) is 0 Å². The van der Waals surface area contributed by atoms with E-state index in [0.717, 1.165) is 0 Å². The second-order valence-corrected chi connectivity index (χ2v) is 4.66. The third kappa shape index (κ3) is 1.51. The Labute approximate surface area is 115 Å². The van der Waals surface area contributed by atoms with Crippen molar-refractivity contribution in [2.24, 2.45) is 0 Å². The lowest BCUT2D eigenvalue weighted by Crippen LogP contribution is -2.15. The van der Waals surface area contributed by atoms with E-state index < -0.39 is 5.78 Å². The van der Waals surface area contributed by atoms with Crippen LogP contribution in [-0.4, -0.2) is 16.0 Å². The van der Waals surface area contributed by atoms with Crippen LogP contribution in [0.3, 0.4) is 0 Å². The zero-order valence-corrected chi connectivity index (χ0v) is 10.7. The Bertz CT molecular complexity index is 711. The van der Waals surface area contributed by atoms with E-state index in [-0.39, 0.29) is 28.4 Å². The van der Waals surface area contributed by atoms with Crippen molar-refractivity contribution in [3.63, 3.8) is 0 Å². The molecule has 0 heterocycles. The van der Waals surface area contributed by atoms with Gasteiger partial charge in [0.15, 0.2) is 5.76 Å². The highest BCUT2D eigenvalue weighted by Gasteiger charge is 2.32. The van der Waals surface area contributed by atoms with E-state index in [9.17, 15) is 20.1 Å². The van der Waals surface area contributed by atoms with Crippen molar-refractivity contribution >= 4 is 11.4 Å². The molecular weight excluding hydrogens is 256 g/mol. The Morgan fingerprint density at radius 3 is 1.75 bits per heavy atom. The van der Waals surface area contributed by atoms with Gasteiger partial charge in [0.25, 0.3) is 0 Å². The third-order valence-electron chi connectivity index (χ3n) is 3.43. The monoisotopic (exact) mass is 267 g/mol. The Hall–Kier alpha value is -2.75. The molecule has 20 heavy (non-hydrogen) atoms. The van der Waals surface area contributed by atoms with Crippen LogP contribution in [0, 0.1) is 0 Å². The predicted molar refractivity (Wildman–Crippen MR) is 72.0 cm³/mol. The Morgan fingerprint density at radius 1 is 0.900 bits per heavy atom. The van der Waals surface area contributed by atoms with Crippen molar-refractivity contribution in [3.8, 4) is 11.5 Å². The summed E-state index contributed by atoms with van der Waals surface area (Å²) in [6.45, 7) is 1.40. The number of ketones is 1. The highest BCUT2D eigenvalue weighted by molar-refractivity contribution is 6.21. The molecule has 1 aliphatic rings. The maximum absolute atomic E-state index is 12.5. The Balaban J connectivity index is 2.48. The summed E-state index contributed by atoms with van der Waals surface area (Å²) in [4.78, 5) is 12.5. The highest BCUT2D eigenvalue weighted by atomic mass is 16.3. The molecule has 2 aromatic carbocycles. The number of benzene rings is 2. The molecule has 0 aliphatic heterocycles. The van der Waals surface area contributed by atoms with Crippen LogP contribution in [0.2, 0.25) is 0 Å². The van der Waals surface area contributed by atoms with Gasteiger partial charge in [-0.3, -0.25) is 9.90 Å². The van der Waals surface area contributed by atoms with Gasteiger partial charge in [-0.2, -0.15) is 0 Å². The molecule has 99 valence electrons. The van der Waals surface area contributed by atoms with Gasteiger partial charge >= 0.3 is 0 Å². The van der Waals surface area contributed by atoms with Gasteiger partial charge in [-0.1, -0.05) is 24.3 Å². The van der Waals surface area contributed by atoms with Gasteiger partial charge in [0, 0.05) is 16.7 Å². The second-order valence-electron chi connectivity index (χ2n) is 4.66. The van der Waals surface area contributed by atoms with Crippen molar-refractivity contribution < 1.29 is 20.1 Å². The summed E-state index contributed by atoms with van der Waals surface area (Å²) < 4.78 is 0. The lowest BCUT2D eigenvalue weighted by Gasteiger charge is -2.22. The molecule has 0 aromatic heterocycles. The molecule has 1 aliphatic carbocycles. The first-order chi connectivity index (χ1) is 9.52. The number of carbonyl (C=O) groups excluding carboxylic acids is 1. The Kier molecular flexibility index (Phi) is 2.54. The molecule has 0 spiro atoms. The van der Waals surface area contributed by atoms with E-state index in [0.29, 0.717) is 16.7 Å². The molecule has 2 aromatic rings. The minimum Gasteiger partial charge on any atom is -0.507 e. The van der Waals surface area contributed by atoms with Gasteiger partial charge < -0.3 is 10.2 Å². The first-order valence-corrected chi connectivity index (χ1v) is 6.09. The summed E-state index contributed by atoms with van der Waals surface area (Å²) in [6, 6.07) is 9.18. The van der Waals surface area contributed by atoms with Crippen molar-refractivity contribution in [2.75, 3.05) is 0 Å². The van der Waals surface area contributed by atoms with Gasteiger partial charge in [0.05, 0.1) is 11.1 Å². The maximum Gasteiger partial charge on any atom is 0.201 e. The molecule has 0 saturated carbocycles. The molecule has 3 rings (SSSR count). The number of carbonyl (C=O) groups is 1. The van der Waals surface area contributed by atoms with E-state index in [1.54, 1.807) is 24.3 Å². The molecule has 1 radical (unpaired) electrons. The smallest absolute Gasteiger partial charge is 0.201 e. The Morgan fingerprint density at radius 2 is 1.35 bits per heavy atom. The van der Waals surface area contributed by atoms with Crippen LogP contribution in [0.4, 0.5) is 0 Å². The number of allylic oxidation sites excluding steroid dienone is 1. The molecule has 4 heteroatoms. The highest BCUT2D eigenvalue weighted by Crippen LogP contribution is 2.43. The van der Waals surface area contributed by atoms with Gasteiger partial charge in [0.2, 0.25) is 5.78 Å². The quantitative estimate of drug-likeness (QED) is 0.615. The average Bonchev–Trinajstić information content (AvgIpc) is 2.38. The molecule has 0 bridgehead atoms. The molecule has 0 amide bonds. The average molecular weight is 267 g/mol. The van der Waals surface area contributed by atoms with Crippen molar-refractivity contribution in [1.29, 1.82) is 0 Å². The molecule has 2 N–H and O–H groups in total. The normalized spacial score (nSPS) is 12.8. The third-order valence-corrected chi connectivity index (χ3v) is 3.43. The molecule has 0 atom stereocenters. The maximum atomic E-state index is 12.5. The van der Waals surface area contributed by atoms with Gasteiger partial charge in [0.1, 0.15) is 11.5 Å². The minimum atomic E-state index is -0.476. The van der Waals surface area contributed by atoms with E-state index >= 15 is 0 Å². The number of phenolic OH excluding ortho intramolecular Hbond substituents is 2. The lowest BCUT2D eigenvalue weighted by molar-refractivity contribution is 0.103. The second kappa shape index (κ2) is 4.13. The van der Waals surface area contributed by atoms with E-state index in [1.165, 1.54) is 19.1 Å². The topological polar surface area (TPSA) is 77.4 Å². The summed E-state index contributed by atoms with van der Waals surface area (Å²) in [5.41, 5.74) is 1.26. The zero-order valence-electron chi connectivity index (χ0n) is 10.7. The SMILES string of the molecule is CC([O])=C1c2cccc(O)c2C(=O)c2c(O)cccc21. The van der Waals surface area contributed by atoms with Crippen LogP contribution in [0.1, 0.15) is 34.0 Å². The molecule has 0 unspecified atom stereocenters. The fourth-order valence-electron chi connectivity index (χ4n) is 2.62. The first-order valence-electron chi connectivity index (χ1n) is 6.09. The lowest BCUT2D eigenvalue weighted by atomic mass is 9.80. The van der Waals surface area contributed by atoms with E-state index in [4.69, 9.17) is 0 Å². The standard InChI is InChI=1S/C16H11O4/c1-8(17)13-9-4-2-6-11(18)14(9)16(20)15-10(13)5-3-7-12(15)19/h2-7,18-19H,1H3. The number of phenols is 2. The number of aromatic hydroxyl groups is 2. The van der Waals surface area contributed by atoms with Crippen LogP contribution in [0.5, 0.6) is 11.5 Å². The minimum absolute atomic E-state index is 0.0618. The van der Waals surface area contributed by atoms with Crippen LogP contribution < -0.4 is 0 Å².